The van der Waals surface area contributed by atoms with Crippen LogP contribution in [0.2, 0.25) is 0 Å². The van der Waals surface area contributed by atoms with Gasteiger partial charge in [0.2, 0.25) is 0 Å². The zero-order chi connectivity index (χ0) is 19.3. The molecule has 1 unspecified atom stereocenters. The van der Waals surface area contributed by atoms with E-state index in [1.165, 1.54) is 23.8 Å². The highest BCUT2D eigenvalue weighted by molar-refractivity contribution is 5.79. The zero-order valence-electron chi connectivity index (χ0n) is 16.0. The minimum Gasteiger partial charge on any atom is -0.356 e. The quantitative estimate of drug-likeness (QED) is 0.613. The van der Waals surface area contributed by atoms with Crippen molar-refractivity contribution in [1.82, 2.24) is 20.4 Å². The summed E-state index contributed by atoms with van der Waals surface area (Å²) in [6, 6.07) is 4.04. The van der Waals surface area contributed by atoms with Gasteiger partial charge in [-0.3, -0.25) is 9.67 Å². The Morgan fingerprint density at radius 1 is 1.23 bits per heavy atom. The van der Waals surface area contributed by atoms with Crippen LogP contribution >= 0.6 is 0 Å². The number of hydrogen-bond donors (Lipinski definition) is 2. The predicted molar refractivity (Wildman–Crippen MR) is 100 cm³/mol. The van der Waals surface area contributed by atoms with Crippen molar-refractivity contribution < 1.29 is 8.78 Å². The second kappa shape index (κ2) is 8.78. The third-order valence-electron chi connectivity index (χ3n) is 4.51. The van der Waals surface area contributed by atoms with Gasteiger partial charge in [-0.25, -0.2) is 8.78 Å². The zero-order valence-corrected chi connectivity index (χ0v) is 16.0. The molecule has 0 saturated heterocycles. The lowest BCUT2D eigenvalue weighted by Gasteiger charge is -2.18. The summed E-state index contributed by atoms with van der Waals surface area (Å²) in [6.45, 7) is 6.51. The van der Waals surface area contributed by atoms with Crippen LogP contribution in [0.5, 0.6) is 0 Å². The number of aromatic nitrogens is 2. The molecule has 26 heavy (non-hydrogen) atoms. The molecule has 0 aliphatic carbocycles. The number of nitrogens with zero attached hydrogens (tertiary/aromatic N) is 3. The highest BCUT2D eigenvalue weighted by Crippen LogP contribution is 2.14. The molecule has 0 saturated carbocycles. The van der Waals surface area contributed by atoms with Gasteiger partial charge in [-0.15, -0.1) is 0 Å². The maximum Gasteiger partial charge on any atom is 0.191 e. The molecule has 1 aromatic carbocycles. The van der Waals surface area contributed by atoms with Crippen LogP contribution in [0, 0.1) is 25.5 Å². The lowest BCUT2D eigenvalue weighted by atomic mass is 10.1. The van der Waals surface area contributed by atoms with E-state index in [0.717, 1.165) is 17.8 Å². The Hall–Kier alpha value is -2.44. The van der Waals surface area contributed by atoms with Crippen molar-refractivity contribution in [3.05, 3.63) is 52.3 Å². The van der Waals surface area contributed by atoms with Gasteiger partial charge in [0, 0.05) is 37.9 Å². The second-order valence-electron chi connectivity index (χ2n) is 6.47. The van der Waals surface area contributed by atoms with Crippen molar-refractivity contribution in [1.29, 1.82) is 0 Å². The first-order valence-corrected chi connectivity index (χ1v) is 8.72. The van der Waals surface area contributed by atoms with Gasteiger partial charge in [0.1, 0.15) is 11.6 Å². The highest BCUT2D eigenvalue weighted by atomic mass is 19.1. The number of aliphatic imine (C=N–C) groups is 1. The number of hydrogen-bond acceptors (Lipinski definition) is 2. The molecule has 0 aliphatic heterocycles. The van der Waals surface area contributed by atoms with Crippen molar-refractivity contribution in [3.63, 3.8) is 0 Å². The first-order valence-electron chi connectivity index (χ1n) is 8.72. The number of nitrogens with one attached hydrogen (secondary N) is 2. The molecule has 0 aliphatic rings. The molecule has 1 heterocycles. The summed E-state index contributed by atoms with van der Waals surface area (Å²) >= 11 is 0. The van der Waals surface area contributed by atoms with Crippen molar-refractivity contribution >= 4 is 5.96 Å². The van der Waals surface area contributed by atoms with Gasteiger partial charge in [0.05, 0.1) is 5.69 Å². The maximum absolute atomic E-state index is 13.7. The summed E-state index contributed by atoms with van der Waals surface area (Å²) in [5, 5.41) is 10.9. The van der Waals surface area contributed by atoms with Crippen LogP contribution in [0.3, 0.4) is 0 Å². The predicted octanol–water partition coefficient (Wildman–Crippen LogP) is 2.65. The van der Waals surface area contributed by atoms with E-state index < -0.39 is 11.6 Å². The van der Waals surface area contributed by atoms with E-state index in [2.05, 4.69) is 34.6 Å². The van der Waals surface area contributed by atoms with Gasteiger partial charge >= 0.3 is 0 Å². The SMILES string of the molecule is CN=C(NCCc1c(F)cccc1F)NC(C)Cc1c(C)nn(C)c1C. The smallest absolute Gasteiger partial charge is 0.191 e. The molecule has 0 fully saturated rings. The third-order valence-corrected chi connectivity index (χ3v) is 4.51. The Morgan fingerprint density at radius 2 is 1.88 bits per heavy atom. The lowest BCUT2D eigenvalue weighted by Crippen LogP contribution is -2.43. The fourth-order valence-electron chi connectivity index (χ4n) is 2.98. The molecule has 2 N–H and O–H groups in total. The molecule has 0 bridgehead atoms. The maximum atomic E-state index is 13.7. The van der Waals surface area contributed by atoms with Crippen molar-refractivity contribution in [2.24, 2.45) is 12.0 Å². The van der Waals surface area contributed by atoms with Crippen LogP contribution in [-0.4, -0.2) is 35.4 Å². The molecule has 142 valence electrons. The lowest BCUT2D eigenvalue weighted by molar-refractivity contribution is 0.552. The Bertz CT molecular complexity index is 762. The minimum atomic E-state index is -0.523. The monoisotopic (exact) mass is 363 g/mol. The van der Waals surface area contributed by atoms with Crippen LogP contribution in [-0.2, 0) is 19.9 Å². The average Bonchev–Trinajstić information content (AvgIpc) is 2.82. The third kappa shape index (κ3) is 4.80. The fraction of sp³-hybridized carbons (Fsp3) is 0.474. The average molecular weight is 363 g/mol. The number of rotatable bonds is 6. The molecule has 7 heteroatoms. The molecular formula is C19H27F2N5. The number of benzene rings is 1. The number of halogens is 2. The summed E-state index contributed by atoms with van der Waals surface area (Å²) in [5.41, 5.74) is 3.48. The molecule has 1 atom stereocenters. The van der Waals surface area contributed by atoms with Crippen molar-refractivity contribution in [2.75, 3.05) is 13.6 Å². The van der Waals surface area contributed by atoms with Gasteiger partial charge in [-0.2, -0.15) is 5.10 Å². The molecule has 1 aromatic heterocycles. The normalized spacial score (nSPS) is 13.0. The molecule has 2 aromatic rings. The van der Waals surface area contributed by atoms with E-state index in [1.807, 2.05) is 18.7 Å². The van der Waals surface area contributed by atoms with Crippen LogP contribution in [0.25, 0.3) is 0 Å². The standard InChI is InChI=1S/C19H27F2N5/c1-12(11-16-13(2)25-26(5)14(16)3)24-19(22-4)23-10-9-15-17(20)7-6-8-18(15)21/h6-8,12H,9-11H2,1-5H3,(H2,22,23,24). The Labute approximate surface area is 153 Å². The molecule has 0 amide bonds. The van der Waals surface area contributed by atoms with E-state index in [9.17, 15) is 8.78 Å². The first kappa shape index (κ1) is 19.9. The second-order valence-corrected chi connectivity index (χ2v) is 6.47. The number of aryl methyl sites for hydroxylation is 2. The van der Waals surface area contributed by atoms with Crippen LogP contribution < -0.4 is 10.6 Å². The fourth-order valence-corrected chi connectivity index (χ4v) is 2.98. The molecule has 0 spiro atoms. The summed E-state index contributed by atoms with van der Waals surface area (Å²) in [7, 11) is 3.61. The van der Waals surface area contributed by atoms with Crippen molar-refractivity contribution in [3.8, 4) is 0 Å². The van der Waals surface area contributed by atoms with E-state index in [1.54, 1.807) is 7.05 Å². The van der Waals surface area contributed by atoms with E-state index in [-0.39, 0.29) is 18.0 Å². The first-order chi connectivity index (χ1) is 12.3. The van der Waals surface area contributed by atoms with E-state index in [4.69, 9.17) is 0 Å². The van der Waals surface area contributed by atoms with Crippen LogP contribution in [0.1, 0.15) is 29.4 Å². The summed E-state index contributed by atoms with van der Waals surface area (Å²) in [5.74, 6) is -0.440. The summed E-state index contributed by atoms with van der Waals surface area (Å²) in [6.07, 6.45) is 1.06. The Kier molecular flexibility index (Phi) is 6.71. The highest BCUT2D eigenvalue weighted by Gasteiger charge is 2.14. The molecule has 5 nitrogen and oxygen atoms in total. The Morgan fingerprint density at radius 3 is 2.42 bits per heavy atom. The number of guanidine groups is 1. The van der Waals surface area contributed by atoms with E-state index >= 15 is 0 Å². The summed E-state index contributed by atoms with van der Waals surface area (Å²) in [4.78, 5) is 4.18. The minimum absolute atomic E-state index is 0.0881. The van der Waals surface area contributed by atoms with Gasteiger partial charge < -0.3 is 10.6 Å². The van der Waals surface area contributed by atoms with Gasteiger partial charge in [-0.05, 0) is 51.3 Å². The van der Waals surface area contributed by atoms with E-state index in [0.29, 0.717) is 12.5 Å². The van der Waals surface area contributed by atoms with Crippen LogP contribution in [0.4, 0.5) is 8.78 Å². The van der Waals surface area contributed by atoms with Crippen molar-refractivity contribution in [2.45, 2.75) is 39.7 Å². The summed E-state index contributed by atoms with van der Waals surface area (Å²) < 4.78 is 29.2. The van der Waals surface area contributed by atoms with Gasteiger partial charge in [0.25, 0.3) is 0 Å². The Balaban J connectivity index is 1.89. The molecule has 2 rings (SSSR count). The van der Waals surface area contributed by atoms with Gasteiger partial charge in [0.15, 0.2) is 5.96 Å². The largest absolute Gasteiger partial charge is 0.356 e. The van der Waals surface area contributed by atoms with Gasteiger partial charge in [-0.1, -0.05) is 6.07 Å². The molecular weight excluding hydrogens is 336 g/mol. The van der Waals surface area contributed by atoms with Crippen LogP contribution in [0.15, 0.2) is 23.2 Å². The molecule has 0 radical (unpaired) electrons. The topological polar surface area (TPSA) is 54.2 Å².